The Morgan fingerprint density at radius 2 is 1.71 bits per heavy atom. The van der Waals surface area contributed by atoms with Crippen LogP contribution in [0.4, 0.5) is 0 Å². The maximum Gasteiger partial charge on any atom is 0.279 e. The number of aromatic amines is 1. The summed E-state index contributed by atoms with van der Waals surface area (Å²) in [6.07, 6.45) is 4.80. The summed E-state index contributed by atoms with van der Waals surface area (Å²) in [6, 6.07) is 3.32. The van der Waals surface area contributed by atoms with Crippen molar-refractivity contribution in [3.05, 3.63) is 62.8 Å². The van der Waals surface area contributed by atoms with Gasteiger partial charge in [-0.05, 0) is 24.0 Å². The summed E-state index contributed by atoms with van der Waals surface area (Å²) >= 11 is 0. The number of nitrogens with one attached hydrogen (secondary N) is 1. The van der Waals surface area contributed by atoms with Crippen LogP contribution in [0.2, 0.25) is 0 Å². The number of hydrogen-bond acceptors (Lipinski definition) is 6. The van der Waals surface area contributed by atoms with E-state index in [9.17, 15) is 9.59 Å². The van der Waals surface area contributed by atoms with Gasteiger partial charge in [0.25, 0.3) is 11.1 Å². The average molecular weight is 376 g/mol. The summed E-state index contributed by atoms with van der Waals surface area (Å²) in [6.45, 7) is 7.98. The lowest BCUT2D eigenvalue weighted by Gasteiger charge is -2.13. The van der Waals surface area contributed by atoms with Crippen LogP contribution in [-0.4, -0.2) is 29.9 Å². The molecule has 1 N–H and O–H groups in total. The highest BCUT2D eigenvalue weighted by atomic mass is 16.1. The summed E-state index contributed by atoms with van der Waals surface area (Å²) in [5.41, 5.74) is 1.80. The molecule has 0 saturated heterocycles. The van der Waals surface area contributed by atoms with Gasteiger partial charge < -0.3 is 0 Å². The zero-order valence-electron chi connectivity index (χ0n) is 16.1. The highest BCUT2D eigenvalue weighted by Crippen LogP contribution is 2.23. The average Bonchev–Trinajstić information content (AvgIpc) is 2.68. The first-order valence-corrected chi connectivity index (χ1v) is 9.14. The van der Waals surface area contributed by atoms with Crippen LogP contribution in [0.5, 0.6) is 0 Å². The van der Waals surface area contributed by atoms with E-state index in [4.69, 9.17) is 0 Å². The maximum absolute atomic E-state index is 13.0. The lowest BCUT2D eigenvalue weighted by molar-refractivity contribution is 0.726. The molecule has 142 valence electrons. The molecule has 4 aromatic heterocycles. The van der Waals surface area contributed by atoms with E-state index in [0.29, 0.717) is 27.7 Å². The fourth-order valence-electron chi connectivity index (χ4n) is 3.28. The molecule has 8 nitrogen and oxygen atoms in total. The second-order valence-electron chi connectivity index (χ2n) is 7.36. The van der Waals surface area contributed by atoms with Crippen LogP contribution >= 0.6 is 0 Å². The SMILES string of the molecule is CC(C)c1nn(-c2cnc3c(C(C)C)n[nH]c(=O)c3c2)c(=O)c2ccncc12. The number of pyridine rings is 2. The van der Waals surface area contributed by atoms with Gasteiger partial charge in [-0.3, -0.25) is 19.6 Å². The van der Waals surface area contributed by atoms with Gasteiger partial charge >= 0.3 is 0 Å². The quantitative estimate of drug-likeness (QED) is 0.589. The molecule has 0 atom stereocenters. The first-order chi connectivity index (χ1) is 13.4. The molecule has 8 heteroatoms. The monoisotopic (exact) mass is 376 g/mol. The highest BCUT2D eigenvalue weighted by molar-refractivity contribution is 5.84. The fourth-order valence-corrected chi connectivity index (χ4v) is 3.28. The van der Waals surface area contributed by atoms with Crippen molar-refractivity contribution in [3.63, 3.8) is 0 Å². The zero-order chi connectivity index (χ0) is 20.0. The van der Waals surface area contributed by atoms with Crippen LogP contribution in [0.3, 0.4) is 0 Å². The van der Waals surface area contributed by atoms with E-state index in [-0.39, 0.29) is 23.0 Å². The van der Waals surface area contributed by atoms with Crippen LogP contribution in [0.25, 0.3) is 27.4 Å². The van der Waals surface area contributed by atoms with E-state index in [2.05, 4.69) is 25.3 Å². The van der Waals surface area contributed by atoms with Gasteiger partial charge in [0, 0.05) is 17.8 Å². The molecule has 0 radical (unpaired) electrons. The van der Waals surface area contributed by atoms with Crippen molar-refractivity contribution in [1.82, 2.24) is 29.9 Å². The van der Waals surface area contributed by atoms with E-state index in [1.807, 2.05) is 27.7 Å². The number of fused-ring (bicyclic) bond motifs is 2. The number of aromatic nitrogens is 6. The van der Waals surface area contributed by atoms with Gasteiger partial charge in [0.2, 0.25) is 0 Å². The molecule has 0 aliphatic carbocycles. The molecule has 0 saturated carbocycles. The van der Waals surface area contributed by atoms with E-state index in [1.54, 1.807) is 30.7 Å². The van der Waals surface area contributed by atoms with Crippen LogP contribution in [0, 0.1) is 0 Å². The van der Waals surface area contributed by atoms with E-state index in [1.165, 1.54) is 4.68 Å². The molecule has 0 aliphatic heterocycles. The highest BCUT2D eigenvalue weighted by Gasteiger charge is 2.17. The Bertz CT molecular complexity index is 1320. The summed E-state index contributed by atoms with van der Waals surface area (Å²) in [7, 11) is 0. The van der Waals surface area contributed by atoms with E-state index >= 15 is 0 Å². The van der Waals surface area contributed by atoms with Gasteiger partial charge in [-0.15, -0.1) is 0 Å². The molecular formula is C20H20N6O2. The van der Waals surface area contributed by atoms with Gasteiger partial charge in [0.15, 0.2) is 0 Å². The van der Waals surface area contributed by atoms with Crippen molar-refractivity contribution >= 4 is 21.7 Å². The van der Waals surface area contributed by atoms with Gasteiger partial charge in [0.05, 0.1) is 39.6 Å². The van der Waals surface area contributed by atoms with Gasteiger partial charge in [-0.25, -0.2) is 5.10 Å². The van der Waals surface area contributed by atoms with Crippen molar-refractivity contribution in [1.29, 1.82) is 0 Å². The van der Waals surface area contributed by atoms with E-state index < -0.39 is 0 Å². The van der Waals surface area contributed by atoms with Crippen LogP contribution in [0.15, 0.2) is 40.3 Å². The van der Waals surface area contributed by atoms with Crippen molar-refractivity contribution in [2.75, 3.05) is 0 Å². The topological polar surface area (TPSA) is 106 Å². The Balaban J connectivity index is 2.05. The Morgan fingerprint density at radius 1 is 0.964 bits per heavy atom. The predicted octanol–water partition coefficient (Wildman–Crippen LogP) is 2.66. The molecule has 4 heterocycles. The Kier molecular flexibility index (Phi) is 4.26. The van der Waals surface area contributed by atoms with Crippen LogP contribution < -0.4 is 11.1 Å². The summed E-state index contributed by atoms with van der Waals surface area (Å²) < 4.78 is 1.30. The first-order valence-electron chi connectivity index (χ1n) is 9.14. The molecule has 0 bridgehead atoms. The summed E-state index contributed by atoms with van der Waals surface area (Å²) in [5.74, 6) is 0.186. The molecule has 0 aromatic carbocycles. The maximum atomic E-state index is 13.0. The largest absolute Gasteiger partial charge is 0.279 e. The Morgan fingerprint density at radius 3 is 2.43 bits per heavy atom. The molecule has 0 spiro atoms. The molecule has 0 fully saturated rings. The summed E-state index contributed by atoms with van der Waals surface area (Å²) in [5, 5.41) is 12.8. The van der Waals surface area contributed by atoms with Crippen molar-refractivity contribution in [2.45, 2.75) is 39.5 Å². The van der Waals surface area contributed by atoms with Gasteiger partial charge in [0.1, 0.15) is 0 Å². The molecule has 0 amide bonds. The smallest absolute Gasteiger partial charge is 0.267 e. The minimum Gasteiger partial charge on any atom is -0.267 e. The molecule has 4 aromatic rings. The minimum absolute atomic E-state index is 0.0899. The Hall–Kier alpha value is -3.42. The molecule has 0 aliphatic rings. The van der Waals surface area contributed by atoms with Crippen LogP contribution in [-0.2, 0) is 0 Å². The number of hydrogen-bond donors (Lipinski definition) is 1. The fraction of sp³-hybridized carbons (Fsp3) is 0.300. The number of H-pyrrole nitrogens is 1. The normalized spacial score (nSPS) is 11.8. The van der Waals surface area contributed by atoms with Crippen molar-refractivity contribution < 1.29 is 0 Å². The molecule has 4 rings (SSSR count). The lowest BCUT2D eigenvalue weighted by Crippen LogP contribution is -2.24. The standard InChI is InChI=1S/C20H20N6O2/c1-10(2)16-15-9-21-6-5-13(15)20(28)26(25-16)12-7-14-18(22-8-12)17(11(3)4)23-24-19(14)27/h5-11H,1-4H3,(H,24,27). The third-order valence-electron chi connectivity index (χ3n) is 4.70. The van der Waals surface area contributed by atoms with Crippen LogP contribution in [0.1, 0.15) is 50.9 Å². The third kappa shape index (κ3) is 2.77. The molecule has 28 heavy (non-hydrogen) atoms. The minimum atomic E-state index is -0.351. The second-order valence-corrected chi connectivity index (χ2v) is 7.36. The van der Waals surface area contributed by atoms with Gasteiger partial charge in [-0.1, -0.05) is 27.7 Å². The number of rotatable bonds is 3. The third-order valence-corrected chi connectivity index (χ3v) is 4.70. The summed E-state index contributed by atoms with van der Waals surface area (Å²) in [4.78, 5) is 33.9. The zero-order valence-corrected chi connectivity index (χ0v) is 16.1. The second kappa shape index (κ2) is 6.63. The van der Waals surface area contributed by atoms with E-state index in [0.717, 1.165) is 11.1 Å². The lowest BCUT2D eigenvalue weighted by atomic mass is 10.0. The van der Waals surface area contributed by atoms with Crippen molar-refractivity contribution in [2.24, 2.45) is 0 Å². The Labute approximate surface area is 160 Å². The predicted molar refractivity (Wildman–Crippen MR) is 107 cm³/mol. The van der Waals surface area contributed by atoms with Crippen molar-refractivity contribution in [3.8, 4) is 5.69 Å². The van der Waals surface area contributed by atoms with Gasteiger partial charge in [-0.2, -0.15) is 14.9 Å². The molecular weight excluding hydrogens is 356 g/mol. The molecule has 0 unspecified atom stereocenters. The first kappa shape index (κ1) is 18.0. The number of nitrogens with zero attached hydrogens (tertiary/aromatic N) is 5.